The number of alkyl halides is 1. The fraction of sp³-hybridized carbons (Fsp3) is 0.714. The van der Waals surface area contributed by atoms with Crippen molar-refractivity contribution in [3.8, 4) is 0 Å². The summed E-state index contributed by atoms with van der Waals surface area (Å²) in [6.07, 6.45) is 5.30. The first-order valence-electron chi connectivity index (χ1n) is 3.19. The van der Waals surface area contributed by atoms with Gasteiger partial charge in [-0.3, -0.25) is 0 Å². The SMILES string of the molecule is CC(I)/C=C\CC(C)N. The third-order valence-electron chi connectivity index (χ3n) is 0.909. The Kier molecular flexibility index (Phi) is 5.48. The van der Waals surface area contributed by atoms with E-state index >= 15 is 0 Å². The Morgan fingerprint density at radius 1 is 1.56 bits per heavy atom. The average Bonchev–Trinajstić information content (AvgIpc) is 1.63. The van der Waals surface area contributed by atoms with Crippen LogP contribution in [0.2, 0.25) is 0 Å². The van der Waals surface area contributed by atoms with E-state index in [0.717, 1.165) is 6.42 Å². The van der Waals surface area contributed by atoms with Gasteiger partial charge in [0, 0.05) is 9.97 Å². The number of rotatable bonds is 3. The topological polar surface area (TPSA) is 26.0 Å². The third kappa shape index (κ3) is 8.43. The molecule has 0 aliphatic carbocycles. The van der Waals surface area contributed by atoms with Gasteiger partial charge in [0.15, 0.2) is 0 Å². The highest BCUT2D eigenvalue weighted by Gasteiger charge is 1.88. The summed E-state index contributed by atoms with van der Waals surface area (Å²) < 4.78 is 0.626. The van der Waals surface area contributed by atoms with Crippen LogP contribution in [0, 0.1) is 0 Å². The van der Waals surface area contributed by atoms with Crippen molar-refractivity contribution in [2.24, 2.45) is 5.73 Å². The van der Waals surface area contributed by atoms with Gasteiger partial charge in [-0.1, -0.05) is 34.7 Å². The zero-order chi connectivity index (χ0) is 7.28. The Labute approximate surface area is 70.8 Å². The van der Waals surface area contributed by atoms with Crippen LogP contribution in [0.25, 0.3) is 0 Å². The van der Waals surface area contributed by atoms with E-state index in [2.05, 4.69) is 41.7 Å². The maximum Gasteiger partial charge on any atom is 0.0261 e. The number of hydrogen-bond acceptors (Lipinski definition) is 1. The van der Waals surface area contributed by atoms with Crippen molar-refractivity contribution in [3.05, 3.63) is 12.2 Å². The molecule has 0 aromatic rings. The van der Waals surface area contributed by atoms with Gasteiger partial charge in [-0.2, -0.15) is 0 Å². The molecule has 0 rings (SSSR count). The van der Waals surface area contributed by atoms with Gasteiger partial charge in [-0.25, -0.2) is 0 Å². The van der Waals surface area contributed by atoms with E-state index in [1.54, 1.807) is 0 Å². The Balaban J connectivity index is 3.25. The predicted octanol–water partition coefficient (Wildman–Crippen LogP) is 2.10. The molecular weight excluding hydrogens is 225 g/mol. The second-order valence-corrected chi connectivity index (χ2v) is 4.28. The molecule has 2 atom stereocenters. The molecule has 0 fully saturated rings. The Bertz CT molecular complexity index is 86.9. The van der Waals surface area contributed by atoms with Gasteiger partial charge < -0.3 is 5.73 Å². The zero-order valence-electron chi connectivity index (χ0n) is 5.97. The molecule has 0 radical (unpaired) electrons. The molecule has 0 amide bonds. The van der Waals surface area contributed by atoms with E-state index in [4.69, 9.17) is 5.73 Å². The molecule has 54 valence electrons. The summed E-state index contributed by atoms with van der Waals surface area (Å²) in [5.41, 5.74) is 5.52. The largest absolute Gasteiger partial charge is 0.328 e. The fourth-order valence-corrected chi connectivity index (χ4v) is 0.774. The van der Waals surface area contributed by atoms with Gasteiger partial charge in [-0.15, -0.1) is 0 Å². The van der Waals surface area contributed by atoms with E-state index in [0.29, 0.717) is 9.97 Å². The van der Waals surface area contributed by atoms with Crippen LogP contribution in [-0.2, 0) is 0 Å². The molecule has 0 saturated carbocycles. The summed E-state index contributed by atoms with van der Waals surface area (Å²) in [6, 6.07) is 0.302. The molecule has 0 bridgehead atoms. The van der Waals surface area contributed by atoms with Crippen molar-refractivity contribution in [1.82, 2.24) is 0 Å². The quantitative estimate of drug-likeness (QED) is 0.455. The van der Waals surface area contributed by atoms with Crippen molar-refractivity contribution < 1.29 is 0 Å². The van der Waals surface area contributed by atoms with E-state index < -0.39 is 0 Å². The molecule has 0 aliphatic heterocycles. The smallest absolute Gasteiger partial charge is 0.0261 e. The fourth-order valence-electron chi connectivity index (χ4n) is 0.481. The molecule has 0 heterocycles. The van der Waals surface area contributed by atoms with Crippen LogP contribution in [0.15, 0.2) is 12.2 Å². The summed E-state index contributed by atoms with van der Waals surface area (Å²) in [5, 5.41) is 0. The van der Waals surface area contributed by atoms with Crippen molar-refractivity contribution in [3.63, 3.8) is 0 Å². The maximum absolute atomic E-state index is 5.52. The monoisotopic (exact) mass is 239 g/mol. The number of hydrogen-bond donors (Lipinski definition) is 1. The van der Waals surface area contributed by atoms with Gasteiger partial charge in [0.2, 0.25) is 0 Å². The van der Waals surface area contributed by atoms with Crippen LogP contribution in [-0.4, -0.2) is 9.97 Å². The van der Waals surface area contributed by atoms with Gasteiger partial charge in [0.25, 0.3) is 0 Å². The summed E-state index contributed by atoms with van der Waals surface area (Å²) >= 11 is 2.36. The second-order valence-electron chi connectivity index (χ2n) is 2.32. The molecule has 0 aliphatic rings. The molecule has 9 heavy (non-hydrogen) atoms. The Morgan fingerprint density at radius 3 is 2.44 bits per heavy atom. The number of halogens is 1. The summed E-state index contributed by atoms with van der Waals surface area (Å²) in [7, 11) is 0. The highest BCUT2D eigenvalue weighted by Crippen LogP contribution is 2.00. The first kappa shape index (κ1) is 9.43. The first-order chi connectivity index (χ1) is 4.13. The average molecular weight is 239 g/mol. The molecule has 2 heteroatoms. The molecule has 0 spiro atoms. The van der Waals surface area contributed by atoms with Gasteiger partial charge in [0.1, 0.15) is 0 Å². The predicted molar refractivity (Wildman–Crippen MR) is 50.9 cm³/mol. The first-order valence-corrected chi connectivity index (χ1v) is 4.44. The van der Waals surface area contributed by atoms with Crippen LogP contribution in [0.3, 0.4) is 0 Å². The van der Waals surface area contributed by atoms with Crippen molar-refractivity contribution in [2.45, 2.75) is 30.2 Å². The highest BCUT2D eigenvalue weighted by atomic mass is 127. The van der Waals surface area contributed by atoms with Crippen molar-refractivity contribution in [1.29, 1.82) is 0 Å². The van der Waals surface area contributed by atoms with E-state index in [-0.39, 0.29) is 0 Å². The lowest BCUT2D eigenvalue weighted by molar-refractivity contribution is 0.756. The molecule has 1 nitrogen and oxygen atoms in total. The lowest BCUT2D eigenvalue weighted by Crippen LogP contribution is -2.12. The minimum absolute atomic E-state index is 0.302. The van der Waals surface area contributed by atoms with E-state index in [9.17, 15) is 0 Å². The lowest BCUT2D eigenvalue weighted by Gasteiger charge is -1.97. The van der Waals surface area contributed by atoms with E-state index in [1.807, 2.05) is 6.92 Å². The molecule has 2 unspecified atom stereocenters. The molecule has 0 aromatic heterocycles. The normalized spacial score (nSPS) is 18.2. The van der Waals surface area contributed by atoms with Crippen LogP contribution in [0.5, 0.6) is 0 Å². The molecule has 2 N–H and O–H groups in total. The van der Waals surface area contributed by atoms with Gasteiger partial charge in [-0.05, 0) is 20.3 Å². The number of allylic oxidation sites excluding steroid dienone is 1. The van der Waals surface area contributed by atoms with E-state index in [1.165, 1.54) is 0 Å². The summed E-state index contributed by atoms with van der Waals surface area (Å²) in [6.45, 7) is 4.17. The zero-order valence-corrected chi connectivity index (χ0v) is 8.13. The van der Waals surface area contributed by atoms with Crippen LogP contribution >= 0.6 is 22.6 Å². The Morgan fingerprint density at radius 2 is 2.11 bits per heavy atom. The van der Waals surface area contributed by atoms with Crippen LogP contribution in [0.4, 0.5) is 0 Å². The van der Waals surface area contributed by atoms with Crippen molar-refractivity contribution >= 4 is 22.6 Å². The van der Waals surface area contributed by atoms with Crippen molar-refractivity contribution in [2.75, 3.05) is 0 Å². The maximum atomic E-state index is 5.52. The third-order valence-corrected chi connectivity index (χ3v) is 1.32. The summed E-state index contributed by atoms with van der Waals surface area (Å²) in [4.78, 5) is 0. The van der Waals surface area contributed by atoms with Gasteiger partial charge in [0.05, 0.1) is 0 Å². The standard InChI is InChI=1S/C7H14IN/c1-6(8)4-3-5-7(2)9/h3-4,6-7H,5,9H2,1-2H3/b4-3-. The highest BCUT2D eigenvalue weighted by molar-refractivity contribution is 14.1. The molecule has 0 aromatic carbocycles. The van der Waals surface area contributed by atoms with Crippen LogP contribution in [0.1, 0.15) is 20.3 Å². The molecular formula is C7H14IN. The lowest BCUT2D eigenvalue weighted by atomic mass is 10.2. The summed E-state index contributed by atoms with van der Waals surface area (Å²) in [5.74, 6) is 0. The molecule has 0 saturated heterocycles. The Hall–Kier alpha value is 0.430. The minimum Gasteiger partial charge on any atom is -0.328 e. The second kappa shape index (κ2) is 5.23. The minimum atomic E-state index is 0.302. The number of nitrogens with two attached hydrogens (primary N) is 1. The van der Waals surface area contributed by atoms with Gasteiger partial charge >= 0.3 is 0 Å². The van der Waals surface area contributed by atoms with Crippen LogP contribution < -0.4 is 5.73 Å².